The van der Waals surface area contributed by atoms with E-state index in [9.17, 15) is 13.2 Å². The summed E-state index contributed by atoms with van der Waals surface area (Å²) in [5.41, 5.74) is -0.773. The first kappa shape index (κ1) is 13.0. The summed E-state index contributed by atoms with van der Waals surface area (Å²) in [5, 5.41) is 13.1. The van der Waals surface area contributed by atoms with E-state index in [1.165, 1.54) is 24.7 Å². The third kappa shape index (κ3) is 1.64. The van der Waals surface area contributed by atoms with Crippen LogP contribution >= 0.6 is 0 Å². The van der Waals surface area contributed by atoms with Gasteiger partial charge in [0, 0.05) is 13.6 Å². The largest absolute Gasteiger partial charge is 0.480 e. The first-order valence-corrected chi connectivity index (χ1v) is 6.90. The van der Waals surface area contributed by atoms with Gasteiger partial charge in [0.05, 0.1) is 5.69 Å². The van der Waals surface area contributed by atoms with Gasteiger partial charge in [-0.3, -0.25) is 9.48 Å². The Balaban J connectivity index is 2.45. The summed E-state index contributed by atoms with van der Waals surface area (Å²) >= 11 is 0. The number of aliphatic carboxylic acids is 1. The number of aromatic nitrogens is 2. The van der Waals surface area contributed by atoms with Crippen LogP contribution < -0.4 is 0 Å². The number of carboxylic acid groups (broad SMARTS) is 1. The molecule has 18 heavy (non-hydrogen) atoms. The van der Waals surface area contributed by atoms with Gasteiger partial charge in [-0.15, -0.1) is 0 Å². The summed E-state index contributed by atoms with van der Waals surface area (Å²) in [7, 11) is -2.29. The van der Waals surface area contributed by atoms with Crippen LogP contribution in [0.5, 0.6) is 0 Å². The van der Waals surface area contributed by atoms with E-state index >= 15 is 0 Å². The smallest absolute Gasteiger partial charge is 0.324 e. The Morgan fingerprint density at radius 1 is 1.56 bits per heavy atom. The summed E-state index contributed by atoms with van der Waals surface area (Å²) in [4.78, 5) is 11.2. The highest BCUT2D eigenvalue weighted by Crippen LogP contribution is 2.36. The number of carbonyl (C=O) groups is 1. The van der Waals surface area contributed by atoms with Gasteiger partial charge in [0.25, 0.3) is 10.0 Å². The van der Waals surface area contributed by atoms with E-state index in [0.717, 1.165) is 4.31 Å². The lowest BCUT2D eigenvalue weighted by molar-refractivity contribution is -0.153. The molecule has 1 aliphatic rings. The van der Waals surface area contributed by atoms with Crippen molar-refractivity contribution in [1.29, 1.82) is 0 Å². The van der Waals surface area contributed by atoms with Crippen molar-refractivity contribution in [3.05, 3.63) is 11.8 Å². The van der Waals surface area contributed by atoms with Gasteiger partial charge in [0.1, 0.15) is 5.54 Å². The van der Waals surface area contributed by atoms with Crippen molar-refractivity contribution < 1.29 is 18.3 Å². The average Bonchev–Trinajstić information content (AvgIpc) is 2.54. The van der Waals surface area contributed by atoms with Crippen LogP contribution in [-0.2, 0) is 21.9 Å². The Bertz CT molecular complexity index is 607. The first-order valence-electron chi connectivity index (χ1n) is 5.46. The van der Waals surface area contributed by atoms with E-state index in [1.807, 2.05) is 0 Å². The third-order valence-electron chi connectivity index (χ3n) is 3.33. The minimum absolute atomic E-state index is 0.0205. The predicted molar refractivity (Wildman–Crippen MR) is 62.5 cm³/mol. The molecule has 2 rings (SSSR count). The molecule has 1 saturated heterocycles. The molecule has 1 unspecified atom stereocenters. The number of rotatable bonds is 3. The van der Waals surface area contributed by atoms with Crippen molar-refractivity contribution in [1.82, 2.24) is 14.1 Å². The van der Waals surface area contributed by atoms with Gasteiger partial charge in [-0.1, -0.05) is 0 Å². The van der Waals surface area contributed by atoms with Crippen LogP contribution in [0.3, 0.4) is 0 Å². The lowest BCUT2D eigenvalue weighted by Gasteiger charge is -2.45. The van der Waals surface area contributed by atoms with E-state index in [-0.39, 0.29) is 11.6 Å². The Hall–Kier alpha value is -1.41. The summed E-state index contributed by atoms with van der Waals surface area (Å²) < 4.78 is 27.0. The summed E-state index contributed by atoms with van der Waals surface area (Å²) in [5.74, 6) is -1.13. The second-order valence-electron chi connectivity index (χ2n) is 4.65. The zero-order valence-electron chi connectivity index (χ0n) is 10.4. The maximum atomic E-state index is 12.4. The average molecular weight is 273 g/mol. The molecule has 0 saturated carbocycles. The van der Waals surface area contributed by atoms with E-state index in [1.54, 1.807) is 6.92 Å². The van der Waals surface area contributed by atoms with Gasteiger partial charge < -0.3 is 5.11 Å². The summed E-state index contributed by atoms with van der Waals surface area (Å²) in [6.45, 7) is 3.32. The minimum atomic E-state index is -3.81. The van der Waals surface area contributed by atoms with Crippen LogP contribution in [0.1, 0.15) is 19.0 Å². The van der Waals surface area contributed by atoms with Gasteiger partial charge in [-0.2, -0.15) is 9.40 Å². The Morgan fingerprint density at radius 2 is 2.17 bits per heavy atom. The van der Waals surface area contributed by atoms with Gasteiger partial charge in [-0.25, -0.2) is 8.42 Å². The van der Waals surface area contributed by atoms with Crippen LogP contribution in [0.4, 0.5) is 0 Å². The summed E-state index contributed by atoms with van der Waals surface area (Å²) in [6, 6.07) is 1.44. The van der Waals surface area contributed by atoms with Crippen molar-refractivity contribution in [3.63, 3.8) is 0 Å². The highest BCUT2D eigenvalue weighted by Gasteiger charge is 2.54. The van der Waals surface area contributed by atoms with Crippen molar-refractivity contribution in [2.75, 3.05) is 6.54 Å². The molecule has 0 aliphatic carbocycles. The van der Waals surface area contributed by atoms with Crippen molar-refractivity contribution in [3.8, 4) is 0 Å². The molecule has 0 bridgehead atoms. The van der Waals surface area contributed by atoms with Crippen molar-refractivity contribution >= 4 is 16.0 Å². The zero-order chi connectivity index (χ0) is 13.7. The molecule has 0 amide bonds. The Labute approximate surface area is 105 Å². The van der Waals surface area contributed by atoms with Gasteiger partial charge in [0.2, 0.25) is 0 Å². The number of sulfonamides is 1. The molecule has 100 valence electrons. The highest BCUT2D eigenvalue weighted by molar-refractivity contribution is 7.89. The fourth-order valence-electron chi connectivity index (χ4n) is 2.08. The topological polar surface area (TPSA) is 92.5 Å². The molecule has 1 aromatic heterocycles. The second-order valence-corrected chi connectivity index (χ2v) is 6.46. The van der Waals surface area contributed by atoms with Crippen LogP contribution in [0.15, 0.2) is 11.1 Å². The Morgan fingerprint density at radius 3 is 2.50 bits per heavy atom. The number of aryl methyl sites for hydroxylation is 2. The lowest BCUT2D eigenvalue weighted by atomic mass is 9.90. The number of hydrogen-bond acceptors (Lipinski definition) is 4. The zero-order valence-corrected chi connectivity index (χ0v) is 11.2. The molecule has 0 aromatic carbocycles. The normalized spacial score (nSPS) is 24.8. The molecule has 7 nitrogen and oxygen atoms in total. The third-order valence-corrected chi connectivity index (χ3v) is 5.40. The molecular formula is C10H15N3O4S. The lowest BCUT2D eigenvalue weighted by Crippen LogP contribution is -2.64. The first-order chi connectivity index (χ1) is 8.19. The van der Waals surface area contributed by atoms with Crippen LogP contribution in [0.2, 0.25) is 0 Å². The van der Waals surface area contributed by atoms with Gasteiger partial charge in [0.15, 0.2) is 5.03 Å². The molecule has 0 spiro atoms. The minimum Gasteiger partial charge on any atom is -0.480 e. The maximum absolute atomic E-state index is 12.4. The fourth-order valence-corrected chi connectivity index (χ4v) is 4.03. The SMILES string of the molecule is Cc1cc(S(=O)(=O)N2CCC2(C)C(=O)O)n(C)n1. The number of nitrogens with zero attached hydrogens (tertiary/aromatic N) is 3. The van der Waals surface area contributed by atoms with Gasteiger partial charge in [-0.05, 0) is 26.3 Å². The van der Waals surface area contributed by atoms with Crippen LogP contribution in [0.25, 0.3) is 0 Å². The van der Waals surface area contributed by atoms with Crippen molar-refractivity contribution in [2.45, 2.75) is 30.8 Å². The molecule has 1 aromatic rings. The monoisotopic (exact) mass is 273 g/mol. The van der Waals surface area contributed by atoms with Crippen LogP contribution in [-0.4, -0.2) is 45.7 Å². The Kier molecular flexibility index (Phi) is 2.74. The van der Waals surface area contributed by atoms with E-state index in [0.29, 0.717) is 12.1 Å². The van der Waals surface area contributed by atoms with E-state index < -0.39 is 21.5 Å². The molecule has 0 radical (unpaired) electrons. The molecule has 2 heterocycles. The van der Waals surface area contributed by atoms with E-state index in [2.05, 4.69) is 5.10 Å². The predicted octanol–water partition coefficient (Wildman–Crippen LogP) is -0.0338. The molecule has 1 aliphatic heterocycles. The quantitative estimate of drug-likeness (QED) is 0.834. The molecule has 1 fully saturated rings. The summed E-state index contributed by atoms with van der Waals surface area (Å²) in [6.07, 6.45) is 0.318. The van der Waals surface area contributed by atoms with Crippen molar-refractivity contribution in [2.24, 2.45) is 7.05 Å². The standard InChI is InChI=1S/C10H15N3O4S/c1-7-6-8(12(3)11-7)18(16,17)13-5-4-10(13,2)9(14)15/h6H,4-5H2,1-3H3,(H,14,15). The highest BCUT2D eigenvalue weighted by atomic mass is 32.2. The second kappa shape index (κ2) is 3.79. The molecule has 1 N–H and O–H groups in total. The fraction of sp³-hybridized carbons (Fsp3) is 0.600. The number of carboxylic acids is 1. The van der Waals surface area contributed by atoms with Gasteiger partial charge >= 0.3 is 5.97 Å². The molecular weight excluding hydrogens is 258 g/mol. The molecule has 8 heteroatoms. The molecule has 1 atom stereocenters. The maximum Gasteiger partial charge on any atom is 0.324 e. The number of hydrogen-bond donors (Lipinski definition) is 1. The van der Waals surface area contributed by atoms with E-state index in [4.69, 9.17) is 5.11 Å². The van der Waals surface area contributed by atoms with Crippen LogP contribution in [0, 0.1) is 6.92 Å².